The van der Waals surface area contributed by atoms with E-state index in [4.69, 9.17) is 27.9 Å². The molecule has 0 spiro atoms. The molecular formula is C18H18Cl2N2O3. The molecule has 2 aromatic rings. The molecular weight excluding hydrogens is 363 g/mol. The second-order valence-corrected chi connectivity index (χ2v) is 6.36. The smallest absolute Gasteiger partial charge is 0.337 e. The summed E-state index contributed by atoms with van der Waals surface area (Å²) >= 11 is 11.8. The van der Waals surface area contributed by atoms with Gasteiger partial charge in [0, 0.05) is 12.2 Å². The molecule has 2 aromatic carbocycles. The highest BCUT2D eigenvalue weighted by Crippen LogP contribution is 2.24. The first kappa shape index (κ1) is 19.2. The van der Waals surface area contributed by atoms with Gasteiger partial charge in [0.2, 0.25) is 5.91 Å². The van der Waals surface area contributed by atoms with Crippen molar-refractivity contribution >= 4 is 40.8 Å². The average molecular weight is 381 g/mol. The van der Waals surface area contributed by atoms with Crippen molar-refractivity contribution in [2.24, 2.45) is 0 Å². The molecule has 0 aliphatic rings. The summed E-state index contributed by atoms with van der Waals surface area (Å²) in [6.45, 7) is 0.697. The normalized spacial score (nSPS) is 10.6. The average Bonchev–Trinajstić information content (AvgIpc) is 2.57. The van der Waals surface area contributed by atoms with Crippen molar-refractivity contribution in [3.05, 3.63) is 63.6 Å². The van der Waals surface area contributed by atoms with Crippen LogP contribution in [0.5, 0.6) is 0 Å². The fourth-order valence-electron chi connectivity index (χ4n) is 2.30. The molecule has 0 radical (unpaired) electrons. The molecule has 1 N–H and O–H groups in total. The Balaban J connectivity index is 1.93. The van der Waals surface area contributed by atoms with Crippen LogP contribution in [0.15, 0.2) is 42.5 Å². The molecule has 25 heavy (non-hydrogen) atoms. The molecule has 0 bridgehead atoms. The first-order valence-electron chi connectivity index (χ1n) is 7.49. The molecule has 0 aliphatic carbocycles. The van der Waals surface area contributed by atoms with Crippen LogP contribution in [0.3, 0.4) is 0 Å². The number of carbonyl (C=O) groups is 2. The van der Waals surface area contributed by atoms with E-state index >= 15 is 0 Å². The monoisotopic (exact) mass is 380 g/mol. The zero-order valence-electron chi connectivity index (χ0n) is 13.9. The van der Waals surface area contributed by atoms with Gasteiger partial charge in [-0.15, -0.1) is 0 Å². The van der Waals surface area contributed by atoms with Gasteiger partial charge in [-0.05, 0) is 42.9 Å². The van der Waals surface area contributed by atoms with Crippen LogP contribution in [-0.2, 0) is 16.1 Å². The number of benzene rings is 2. The molecule has 0 unspecified atom stereocenters. The number of likely N-dealkylation sites (N-methyl/N-ethyl adjacent to an activating group) is 1. The molecule has 132 valence electrons. The molecule has 0 saturated carbocycles. The largest absolute Gasteiger partial charge is 0.465 e. The Morgan fingerprint density at radius 1 is 1.12 bits per heavy atom. The first-order chi connectivity index (χ1) is 11.9. The highest BCUT2D eigenvalue weighted by Gasteiger charge is 2.10. The third-order valence-electron chi connectivity index (χ3n) is 3.42. The number of hydrogen-bond acceptors (Lipinski definition) is 4. The van der Waals surface area contributed by atoms with Gasteiger partial charge in [0.1, 0.15) is 0 Å². The summed E-state index contributed by atoms with van der Waals surface area (Å²) in [6.07, 6.45) is 0. The molecule has 0 saturated heterocycles. The lowest BCUT2D eigenvalue weighted by Crippen LogP contribution is -2.29. The molecule has 2 rings (SSSR count). The second kappa shape index (κ2) is 8.85. The zero-order chi connectivity index (χ0) is 18.4. The lowest BCUT2D eigenvalue weighted by molar-refractivity contribution is -0.117. The SMILES string of the molecule is COC(=O)c1cccc(CN(C)CC(=O)Nc2ccc(Cl)c(Cl)c2)c1. The first-order valence-corrected chi connectivity index (χ1v) is 8.25. The Hall–Kier alpha value is -2.08. The summed E-state index contributed by atoms with van der Waals surface area (Å²) in [5, 5.41) is 3.58. The van der Waals surface area contributed by atoms with Gasteiger partial charge in [0.15, 0.2) is 0 Å². The molecule has 0 aliphatic heterocycles. The Morgan fingerprint density at radius 3 is 2.56 bits per heavy atom. The highest BCUT2D eigenvalue weighted by atomic mass is 35.5. The topological polar surface area (TPSA) is 58.6 Å². The number of amides is 1. The maximum atomic E-state index is 12.1. The minimum Gasteiger partial charge on any atom is -0.465 e. The quantitative estimate of drug-likeness (QED) is 0.773. The van der Waals surface area contributed by atoms with Gasteiger partial charge in [-0.1, -0.05) is 35.3 Å². The van der Waals surface area contributed by atoms with E-state index in [0.717, 1.165) is 5.56 Å². The van der Waals surface area contributed by atoms with Gasteiger partial charge in [-0.2, -0.15) is 0 Å². The Kier molecular flexibility index (Phi) is 6.82. The van der Waals surface area contributed by atoms with E-state index in [-0.39, 0.29) is 18.4 Å². The van der Waals surface area contributed by atoms with E-state index in [2.05, 4.69) is 5.32 Å². The van der Waals surface area contributed by atoms with E-state index in [9.17, 15) is 9.59 Å². The third-order valence-corrected chi connectivity index (χ3v) is 4.16. The summed E-state index contributed by atoms with van der Waals surface area (Å²) in [5.74, 6) is -0.563. The minimum absolute atomic E-state index is 0.176. The van der Waals surface area contributed by atoms with Crippen LogP contribution in [0.4, 0.5) is 5.69 Å². The number of halogens is 2. The number of nitrogens with one attached hydrogen (secondary N) is 1. The number of methoxy groups -OCH3 is 1. The molecule has 0 aromatic heterocycles. The molecule has 5 nitrogen and oxygen atoms in total. The summed E-state index contributed by atoms with van der Waals surface area (Å²) < 4.78 is 4.71. The molecule has 0 heterocycles. The summed E-state index contributed by atoms with van der Waals surface area (Å²) in [5.41, 5.74) is 1.97. The van der Waals surface area contributed by atoms with E-state index in [1.54, 1.807) is 36.4 Å². The van der Waals surface area contributed by atoms with Crippen LogP contribution in [0.25, 0.3) is 0 Å². The summed E-state index contributed by atoms with van der Waals surface area (Å²) in [7, 11) is 3.16. The van der Waals surface area contributed by atoms with Crippen molar-refractivity contribution in [2.45, 2.75) is 6.54 Å². The van der Waals surface area contributed by atoms with Gasteiger partial charge < -0.3 is 10.1 Å². The minimum atomic E-state index is -0.387. The second-order valence-electron chi connectivity index (χ2n) is 5.54. The number of rotatable bonds is 6. The lowest BCUT2D eigenvalue weighted by Gasteiger charge is -2.17. The molecule has 7 heteroatoms. The molecule has 1 amide bonds. The van der Waals surface area contributed by atoms with Gasteiger partial charge in [-0.3, -0.25) is 9.69 Å². The van der Waals surface area contributed by atoms with Crippen molar-refractivity contribution in [1.82, 2.24) is 4.90 Å². The summed E-state index contributed by atoms with van der Waals surface area (Å²) in [4.78, 5) is 25.5. The lowest BCUT2D eigenvalue weighted by atomic mass is 10.1. The van der Waals surface area contributed by atoms with Crippen molar-refractivity contribution in [1.29, 1.82) is 0 Å². The van der Waals surface area contributed by atoms with Crippen LogP contribution in [0.2, 0.25) is 10.0 Å². The molecule has 0 atom stereocenters. The van der Waals surface area contributed by atoms with Gasteiger partial charge in [-0.25, -0.2) is 4.79 Å². The van der Waals surface area contributed by atoms with Crippen LogP contribution in [-0.4, -0.2) is 37.5 Å². The maximum absolute atomic E-state index is 12.1. The van der Waals surface area contributed by atoms with Crippen molar-refractivity contribution < 1.29 is 14.3 Å². The number of nitrogens with zero attached hydrogens (tertiary/aromatic N) is 1. The zero-order valence-corrected chi connectivity index (χ0v) is 15.4. The van der Waals surface area contributed by atoms with Crippen molar-refractivity contribution in [3.63, 3.8) is 0 Å². The Bertz CT molecular complexity index is 781. The fraction of sp³-hybridized carbons (Fsp3) is 0.222. The van der Waals surface area contributed by atoms with Crippen molar-refractivity contribution in [2.75, 3.05) is 26.0 Å². The van der Waals surface area contributed by atoms with Crippen LogP contribution < -0.4 is 5.32 Å². The number of carbonyl (C=O) groups excluding carboxylic acids is 2. The van der Waals surface area contributed by atoms with Crippen LogP contribution >= 0.6 is 23.2 Å². The number of esters is 1. The van der Waals surface area contributed by atoms with E-state index < -0.39 is 0 Å². The van der Waals surface area contributed by atoms with E-state index in [1.165, 1.54) is 7.11 Å². The number of hydrogen-bond donors (Lipinski definition) is 1. The van der Waals surface area contributed by atoms with E-state index in [0.29, 0.717) is 27.8 Å². The maximum Gasteiger partial charge on any atom is 0.337 e. The number of ether oxygens (including phenoxy) is 1. The van der Waals surface area contributed by atoms with Gasteiger partial charge >= 0.3 is 5.97 Å². The van der Waals surface area contributed by atoms with Gasteiger partial charge in [0.05, 0.1) is 29.3 Å². The predicted molar refractivity (Wildman–Crippen MR) is 99.2 cm³/mol. The Morgan fingerprint density at radius 2 is 1.88 bits per heavy atom. The third kappa shape index (κ3) is 5.74. The Labute approximate surface area is 156 Å². The fourth-order valence-corrected chi connectivity index (χ4v) is 2.60. The van der Waals surface area contributed by atoms with E-state index in [1.807, 2.05) is 18.0 Å². The highest BCUT2D eigenvalue weighted by molar-refractivity contribution is 6.42. The number of anilines is 1. The summed E-state index contributed by atoms with van der Waals surface area (Å²) in [6, 6.07) is 12.0. The standard InChI is InChI=1S/C18H18Cl2N2O3/c1-22(10-12-4-3-5-13(8-12)18(24)25-2)11-17(23)21-14-6-7-15(19)16(20)9-14/h3-9H,10-11H2,1-2H3,(H,21,23). The van der Waals surface area contributed by atoms with Crippen molar-refractivity contribution in [3.8, 4) is 0 Å². The van der Waals surface area contributed by atoms with Gasteiger partial charge in [0.25, 0.3) is 0 Å². The van der Waals surface area contributed by atoms with Crippen LogP contribution in [0, 0.1) is 0 Å². The van der Waals surface area contributed by atoms with Crippen LogP contribution in [0.1, 0.15) is 15.9 Å². The molecule has 0 fully saturated rings. The predicted octanol–water partition coefficient (Wildman–Crippen LogP) is 3.85.